The van der Waals surface area contributed by atoms with E-state index in [9.17, 15) is 14.4 Å². The van der Waals surface area contributed by atoms with Gasteiger partial charge in [-0.3, -0.25) is 14.4 Å². The third-order valence-electron chi connectivity index (χ3n) is 9.10. The number of hydrogen-bond donors (Lipinski definition) is 3. The number of carbonyl (C=O) groups is 3. The van der Waals surface area contributed by atoms with Crippen LogP contribution < -0.4 is 16.4 Å². The Bertz CT molecular complexity index is 1430. The first-order valence-corrected chi connectivity index (χ1v) is 15.2. The number of ketones is 1. The summed E-state index contributed by atoms with van der Waals surface area (Å²) < 4.78 is 21.5. The van der Waals surface area contributed by atoms with Crippen molar-refractivity contribution in [3.8, 4) is 0 Å². The van der Waals surface area contributed by atoms with Crippen molar-refractivity contribution in [1.29, 1.82) is 0 Å². The number of halogens is 3. The van der Waals surface area contributed by atoms with Gasteiger partial charge in [0.2, 0.25) is 5.91 Å². The Morgan fingerprint density at radius 3 is 2.62 bits per heavy atom. The van der Waals surface area contributed by atoms with Crippen LogP contribution in [0.1, 0.15) is 76.8 Å². The fourth-order valence-corrected chi connectivity index (χ4v) is 7.88. The predicted molar refractivity (Wildman–Crippen MR) is 161 cm³/mol. The fourth-order valence-electron chi connectivity index (χ4n) is 7.52. The molecule has 5 rings (SSSR count). The summed E-state index contributed by atoms with van der Waals surface area (Å²) in [5.74, 6) is -2.46. The molecule has 2 aromatic rings. The second-order valence-corrected chi connectivity index (χ2v) is 14.3. The summed E-state index contributed by atoms with van der Waals surface area (Å²) in [5.41, 5.74) is 4.70. The summed E-state index contributed by atoms with van der Waals surface area (Å²) in [4.78, 5) is 40.4. The number of nitrogens with one attached hydrogen (secondary N) is 2. The largest absolute Gasteiger partial charge is 0.458 e. The van der Waals surface area contributed by atoms with Gasteiger partial charge in [-0.1, -0.05) is 62.2 Å². The van der Waals surface area contributed by atoms with Crippen LogP contribution in [0.4, 0.5) is 10.1 Å². The number of Topliss-reactive ketones (excluding diaryl/α,β-unsaturated/α-hetero) is 1. The first-order chi connectivity index (χ1) is 19.7. The average molecular weight is 619 g/mol. The number of carbonyl (C=O) groups excluding carboxylic acids is 3. The highest BCUT2D eigenvalue weighted by atomic mass is 35.5. The molecule has 1 saturated heterocycles. The molecule has 2 aromatic carbocycles. The molecule has 1 spiro atoms. The second kappa shape index (κ2) is 11.2. The number of rotatable bonds is 7. The lowest BCUT2D eigenvalue weighted by Gasteiger charge is -2.37. The van der Waals surface area contributed by atoms with Crippen molar-refractivity contribution >= 4 is 46.5 Å². The van der Waals surface area contributed by atoms with Crippen molar-refractivity contribution in [1.82, 2.24) is 5.32 Å². The molecule has 1 unspecified atom stereocenters. The van der Waals surface area contributed by atoms with Gasteiger partial charge >= 0.3 is 5.97 Å². The van der Waals surface area contributed by atoms with Crippen molar-refractivity contribution in [2.75, 3.05) is 11.9 Å². The Labute approximate surface area is 256 Å². The quantitative estimate of drug-likeness (QED) is 0.334. The van der Waals surface area contributed by atoms with Crippen molar-refractivity contribution in [3.63, 3.8) is 0 Å². The minimum absolute atomic E-state index is 0.0409. The third kappa shape index (κ3) is 5.47. The summed E-state index contributed by atoms with van der Waals surface area (Å²) in [7, 11) is 0. The van der Waals surface area contributed by atoms with Gasteiger partial charge < -0.3 is 21.1 Å². The Morgan fingerprint density at radius 2 is 1.93 bits per heavy atom. The number of nitrogens with two attached hydrogens (primary N) is 1. The van der Waals surface area contributed by atoms with E-state index in [2.05, 4.69) is 31.4 Å². The van der Waals surface area contributed by atoms with Crippen LogP contribution in [0.2, 0.25) is 10.0 Å². The zero-order chi connectivity index (χ0) is 30.6. The average Bonchev–Trinajstić information content (AvgIpc) is 3.52. The van der Waals surface area contributed by atoms with Crippen LogP contribution in [-0.4, -0.2) is 41.9 Å². The first kappa shape index (κ1) is 30.9. The van der Waals surface area contributed by atoms with Gasteiger partial charge in [0.25, 0.3) is 0 Å². The number of hydrogen-bond acceptors (Lipinski definition) is 6. The second-order valence-electron chi connectivity index (χ2n) is 13.5. The van der Waals surface area contributed by atoms with Gasteiger partial charge in [-0.2, -0.15) is 0 Å². The summed E-state index contributed by atoms with van der Waals surface area (Å²) in [6.07, 6.45) is 2.57. The Balaban J connectivity index is 1.59. The van der Waals surface area contributed by atoms with Crippen LogP contribution in [0.3, 0.4) is 0 Å². The van der Waals surface area contributed by atoms with Gasteiger partial charge in [0, 0.05) is 29.1 Å². The topological polar surface area (TPSA) is 111 Å². The number of benzene rings is 2. The van der Waals surface area contributed by atoms with Gasteiger partial charge in [-0.25, -0.2) is 4.39 Å². The maximum absolute atomic E-state index is 15.9. The molecule has 0 aromatic heterocycles. The molecule has 4 N–H and O–H groups in total. The molecule has 1 saturated carbocycles. The lowest BCUT2D eigenvalue weighted by atomic mass is 9.62. The molecular weight excluding hydrogens is 580 g/mol. The standard InChI is InChI=1S/C32H38Cl2FN3O4/c1-30(2,3)15-24-32(20-9-8-18(33)13-22(20)37-29(32)41)26(19-6-5-7-21(34)27(19)35)28(38-24)23(39)12-17-10-11-31(4,14-17)42-25(40)16-36/h5-9,13,17,24,26,28,38H,10-12,14-16,36H2,1-4H3,(H,37,41)/t17?,24-,26+,28+,31-,32+/m1/s1. The van der Waals surface area contributed by atoms with E-state index >= 15 is 4.39 Å². The van der Waals surface area contributed by atoms with Gasteiger partial charge in [0.05, 0.1) is 17.6 Å². The molecule has 3 aliphatic rings. The first-order valence-electron chi connectivity index (χ1n) is 14.4. The smallest absolute Gasteiger partial charge is 0.320 e. The van der Waals surface area contributed by atoms with E-state index in [1.165, 1.54) is 6.07 Å². The molecule has 10 heteroatoms. The van der Waals surface area contributed by atoms with E-state index in [-0.39, 0.29) is 46.6 Å². The van der Waals surface area contributed by atoms with Crippen molar-refractivity contribution in [2.24, 2.45) is 17.1 Å². The monoisotopic (exact) mass is 617 g/mol. The molecule has 2 heterocycles. The van der Waals surface area contributed by atoms with Crippen molar-refractivity contribution in [3.05, 3.63) is 63.4 Å². The molecule has 226 valence electrons. The maximum atomic E-state index is 15.9. The van der Waals surface area contributed by atoms with Crippen LogP contribution >= 0.6 is 23.2 Å². The Morgan fingerprint density at radius 1 is 1.19 bits per heavy atom. The third-order valence-corrected chi connectivity index (χ3v) is 9.63. The van der Waals surface area contributed by atoms with Gasteiger partial charge in [0.15, 0.2) is 5.78 Å². The minimum Gasteiger partial charge on any atom is -0.458 e. The molecule has 42 heavy (non-hydrogen) atoms. The van der Waals surface area contributed by atoms with Crippen LogP contribution in [0, 0.1) is 17.2 Å². The number of ether oxygens (including phenoxy) is 1. The maximum Gasteiger partial charge on any atom is 0.320 e. The van der Waals surface area contributed by atoms with E-state index in [0.717, 1.165) is 0 Å². The number of amides is 1. The highest BCUT2D eigenvalue weighted by Gasteiger charge is 2.66. The lowest BCUT2D eigenvalue weighted by molar-refractivity contribution is -0.155. The highest BCUT2D eigenvalue weighted by Crippen LogP contribution is 2.57. The van der Waals surface area contributed by atoms with E-state index in [1.54, 1.807) is 24.3 Å². The molecule has 1 aliphatic carbocycles. The van der Waals surface area contributed by atoms with E-state index in [0.29, 0.717) is 42.0 Å². The van der Waals surface area contributed by atoms with E-state index in [4.69, 9.17) is 33.7 Å². The summed E-state index contributed by atoms with van der Waals surface area (Å²) in [6.45, 7) is 7.88. The summed E-state index contributed by atoms with van der Waals surface area (Å²) >= 11 is 12.6. The highest BCUT2D eigenvalue weighted by molar-refractivity contribution is 6.31. The molecular formula is C32H38Cl2FN3O4. The molecule has 6 atom stereocenters. The van der Waals surface area contributed by atoms with Crippen molar-refractivity contribution < 1.29 is 23.5 Å². The summed E-state index contributed by atoms with van der Waals surface area (Å²) in [6, 6.07) is 8.60. The van der Waals surface area contributed by atoms with Gasteiger partial charge in [-0.15, -0.1) is 0 Å². The van der Waals surface area contributed by atoms with E-state index < -0.39 is 40.8 Å². The molecule has 1 amide bonds. The van der Waals surface area contributed by atoms with Crippen LogP contribution in [0.25, 0.3) is 0 Å². The van der Waals surface area contributed by atoms with Crippen LogP contribution in [0.15, 0.2) is 36.4 Å². The zero-order valence-corrected chi connectivity index (χ0v) is 25.9. The van der Waals surface area contributed by atoms with Crippen LogP contribution in [-0.2, 0) is 24.5 Å². The fraction of sp³-hybridized carbons (Fsp3) is 0.531. The van der Waals surface area contributed by atoms with Gasteiger partial charge in [-0.05, 0) is 73.3 Å². The van der Waals surface area contributed by atoms with Gasteiger partial charge in [0.1, 0.15) is 16.8 Å². The van der Waals surface area contributed by atoms with Crippen LogP contribution in [0.5, 0.6) is 0 Å². The zero-order valence-electron chi connectivity index (χ0n) is 24.4. The summed E-state index contributed by atoms with van der Waals surface area (Å²) in [5, 5.41) is 6.93. The van der Waals surface area contributed by atoms with Crippen molar-refractivity contribution in [2.45, 2.75) is 88.8 Å². The molecule has 2 fully saturated rings. The molecule has 0 radical (unpaired) electrons. The number of anilines is 1. The SMILES string of the molecule is CC(C)(C)C[C@H]1N[C@@H](C(=O)CC2CC[C@@](C)(OC(=O)CN)C2)[C@H](c2cccc(Cl)c2F)[C@@]12C(=O)Nc1cc(Cl)ccc12. The molecule has 7 nitrogen and oxygen atoms in total. The Hall–Kier alpha value is -2.52. The lowest BCUT2D eigenvalue weighted by Crippen LogP contribution is -2.49. The number of fused-ring (bicyclic) bond motifs is 2. The Kier molecular flexibility index (Phi) is 8.24. The molecule has 0 bridgehead atoms. The normalized spacial score (nSPS) is 30.4. The molecule has 2 aliphatic heterocycles. The number of esters is 1. The predicted octanol–water partition coefficient (Wildman–Crippen LogP) is 5.90. The van der Waals surface area contributed by atoms with E-state index in [1.807, 2.05) is 13.0 Å². The minimum atomic E-state index is -1.29.